The van der Waals surface area contributed by atoms with Gasteiger partial charge in [-0.05, 0) is 17.9 Å². The fourth-order valence-corrected chi connectivity index (χ4v) is 2.40. The maximum absolute atomic E-state index is 8.74. The Morgan fingerprint density at radius 3 is 2.59 bits per heavy atom. The third-order valence-corrected chi connectivity index (χ3v) is 3.85. The van der Waals surface area contributed by atoms with Crippen molar-refractivity contribution in [2.75, 3.05) is 0 Å². The van der Waals surface area contributed by atoms with Crippen molar-refractivity contribution in [1.82, 2.24) is 4.98 Å². The van der Waals surface area contributed by atoms with E-state index < -0.39 is 0 Å². The predicted molar refractivity (Wildman–Crippen MR) is 71.0 cm³/mol. The van der Waals surface area contributed by atoms with Gasteiger partial charge < -0.3 is 0 Å². The van der Waals surface area contributed by atoms with Crippen LogP contribution in [0.3, 0.4) is 0 Å². The lowest BCUT2D eigenvalue weighted by Gasteiger charge is -2.08. The summed E-state index contributed by atoms with van der Waals surface area (Å²) in [5.41, 5.74) is 2.94. The molecule has 1 atom stereocenters. The molecule has 0 aliphatic rings. The maximum Gasteiger partial charge on any atom is 0.152 e. The molecule has 2 aromatic rings. The summed E-state index contributed by atoms with van der Waals surface area (Å²) in [4.78, 5) is 4.25. The molecule has 1 heterocycles. The zero-order valence-electron chi connectivity index (χ0n) is 9.97. The highest BCUT2D eigenvalue weighted by molar-refractivity contribution is 7.13. The average Bonchev–Trinajstić information content (AvgIpc) is 2.87. The topological polar surface area (TPSA) is 36.7 Å². The second kappa shape index (κ2) is 5.11. The number of aromatic nitrogens is 1. The largest absolute Gasteiger partial charge is 0.225 e. The van der Waals surface area contributed by atoms with Crippen molar-refractivity contribution in [1.29, 1.82) is 5.26 Å². The Bertz CT molecular complexity index is 534. The van der Waals surface area contributed by atoms with E-state index in [4.69, 9.17) is 5.26 Å². The highest BCUT2D eigenvalue weighted by atomic mass is 32.1. The predicted octanol–water partition coefficient (Wildman–Crippen LogP) is 4.20. The molecule has 2 rings (SSSR count). The summed E-state index contributed by atoms with van der Waals surface area (Å²) in [6.45, 7) is 4.42. The van der Waals surface area contributed by atoms with Crippen LogP contribution in [0, 0.1) is 11.3 Å². The standard InChI is InChI=1S/C14H14N2S/c1-3-10(2)11-4-6-12(7-5-11)14-16-13(8-15)9-17-14/h4-7,9-10H,3H2,1-2H3. The zero-order valence-corrected chi connectivity index (χ0v) is 10.8. The van der Waals surface area contributed by atoms with Crippen molar-refractivity contribution in [3.05, 3.63) is 40.9 Å². The Morgan fingerprint density at radius 2 is 2.06 bits per heavy atom. The molecule has 1 aromatic heterocycles. The normalized spacial score (nSPS) is 12.1. The molecule has 1 aromatic carbocycles. The molecule has 0 spiro atoms. The molecule has 0 aliphatic heterocycles. The van der Waals surface area contributed by atoms with Gasteiger partial charge >= 0.3 is 0 Å². The first-order valence-corrected chi connectivity index (χ1v) is 6.58. The van der Waals surface area contributed by atoms with E-state index in [9.17, 15) is 0 Å². The Kier molecular flexibility index (Phi) is 3.55. The highest BCUT2D eigenvalue weighted by Crippen LogP contribution is 2.26. The van der Waals surface area contributed by atoms with Gasteiger partial charge in [-0.1, -0.05) is 38.1 Å². The molecule has 1 unspecified atom stereocenters. The molecule has 0 bridgehead atoms. The van der Waals surface area contributed by atoms with E-state index in [1.54, 1.807) is 5.38 Å². The number of hydrogen-bond donors (Lipinski definition) is 0. The van der Waals surface area contributed by atoms with Crippen LogP contribution in [0.2, 0.25) is 0 Å². The van der Waals surface area contributed by atoms with E-state index >= 15 is 0 Å². The van der Waals surface area contributed by atoms with E-state index in [1.165, 1.54) is 16.9 Å². The molecule has 0 amide bonds. The fourth-order valence-electron chi connectivity index (χ4n) is 1.65. The van der Waals surface area contributed by atoms with Crippen LogP contribution in [-0.4, -0.2) is 4.98 Å². The molecule has 0 fully saturated rings. The van der Waals surface area contributed by atoms with Crippen LogP contribution in [-0.2, 0) is 0 Å². The summed E-state index contributed by atoms with van der Waals surface area (Å²) in [6, 6.07) is 10.5. The Balaban J connectivity index is 2.26. The Morgan fingerprint density at radius 1 is 1.35 bits per heavy atom. The molecule has 3 heteroatoms. The number of nitrogens with zero attached hydrogens (tertiary/aromatic N) is 2. The average molecular weight is 242 g/mol. The summed E-state index contributed by atoms with van der Waals surface area (Å²) < 4.78 is 0. The number of hydrogen-bond acceptors (Lipinski definition) is 3. The van der Waals surface area contributed by atoms with Crippen molar-refractivity contribution in [2.24, 2.45) is 0 Å². The summed E-state index contributed by atoms with van der Waals surface area (Å²) >= 11 is 1.51. The van der Waals surface area contributed by atoms with Crippen molar-refractivity contribution in [2.45, 2.75) is 26.2 Å². The monoisotopic (exact) mass is 242 g/mol. The van der Waals surface area contributed by atoms with E-state index in [0.29, 0.717) is 11.6 Å². The number of rotatable bonds is 3. The molecular formula is C14H14N2S. The van der Waals surface area contributed by atoms with Crippen LogP contribution in [0.4, 0.5) is 0 Å². The van der Waals surface area contributed by atoms with Crippen molar-refractivity contribution in [3.63, 3.8) is 0 Å². The molecule has 0 saturated heterocycles. The molecule has 17 heavy (non-hydrogen) atoms. The van der Waals surface area contributed by atoms with Gasteiger partial charge in [0.1, 0.15) is 11.1 Å². The van der Waals surface area contributed by atoms with Crippen LogP contribution < -0.4 is 0 Å². The van der Waals surface area contributed by atoms with Gasteiger partial charge in [0.05, 0.1) is 0 Å². The van der Waals surface area contributed by atoms with Gasteiger partial charge in [0, 0.05) is 10.9 Å². The van der Waals surface area contributed by atoms with Crippen LogP contribution >= 0.6 is 11.3 Å². The third kappa shape index (κ3) is 2.54. The van der Waals surface area contributed by atoms with Gasteiger partial charge in [-0.3, -0.25) is 0 Å². The van der Waals surface area contributed by atoms with Crippen molar-refractivity contribution in [3.8, 4) is 16.6 Å². The van der Waals surface area contributed by atoms with E-state index in [1.807, 2.05) is 0 Å². The number of thiazole rings is 1. The minimum absolute atomic E-state index is 0.496. The second-order valence-electron chi connectivity index (χ2n) is 4.08. The second-order valence-corrected chi connectivity index (χ2v) is 4.94. The van der Waals surface area contributed by atoms with Gasteiger partial charge in [0.25, 0.3) is 0 Å². The Hall–Kier alpha value is -1.66. The minimum Gasteiger partial charge on any atom is -0.225 e. The van der Waals surface area contributed by atoms with Gasteiger partial charge in [-0.2, -0.15) is 5.26 Å². The lowest BCUT2D eigenvalue weighted by atomic mass is 9.98. The summed E-state index contributed by atoms with van der Waals surface area (Å²) in [5.74, 6) is 0.593. The van der Waals surface area contributed by atoms with E-state index in [-0.39, 0.29) is 0 Å². The summed E-state index contributed by atoms with van der Waals surface area (Å²) in [7, 11) is 0. The van der Waals surface area contributed by atoms with Crippen molar-refractivity contribution < 1.29 is 0 Å². The SMILES string of the molecule is CCC(C)c1ccc(-c2nc(C#N)cs2)cc1. The molecule has 0 saturated carbocycles. The summed E-state index contributed by atoms with van der Waals surface area (Å²) in [5, 5.41) is 11.4. The lowest BCUT2D eigenvalue weighted by Crippen LogP contribution is -1.90. The van der Waals surface area contributed by atoms with Gasteiger partial charge in [-0.25, -0.2) is 4.98 Å². The maximum atomic E-state index is 8.74. The van der Waals surface area contributed by atoms with Gasteiger partial charge in [-0.15, -0.1) is 11.3 Å². The molecule has 0 N–H and O–H groups in total. The van der Waals surface area contributed by atoms with E-state index in [0.717, 1.165) is 17.0 Å². The molecule has 2 nitrogen and oxygen atoms in total. The molecular weight excluding hydrogens is 228 g/mol. The molecule has 0 aliphatic carbocycles. The molecule has 0 radical (unpaired) electrons. The molecule has 86 valence electrons. The number of nitriles is 1. The number of benzene rings is 1. The van der Waals surface area contributed by atoms with Gasteiger partial charge in [0.2, 0.25) is 0 Å². The van der Waals surface area contributed by atoms with Crippen molar-refractivity contribution >= 4 is 11.3 Å². The first-order valence-electron chi connectivity index (χ1n) is 5.70. The quantitative estimate of drug-likeness (QED) is 0.809. The smallest absolute Gasteiger partial charge is 0.152 e. The zero-order chi connectivity index (χ0) is 12.3. The lowest BCUT2D eigenvalue weighted by molar-refractivity contribution is 0.734. The first kappa shape index (κ1) is 11.8. The third-order valence-electron chi connectivity index (χ3n) is 2.96. The fraction of sp³-hybridized carbons (Fsp3) is 0.286. The summed E-state index contributed by atoms with van der Waals surface area (Å²) in [6.07, 6.45) is 1.15. The Labute approximate surface area is 106 Å². The van der Waals surface area contributed by atoms with Crippen LogP contribution in [0.15, 0.2) is 29.6 Å². The highest BCUT2D eigenvalue weighted by Gasteiger charge is 2.06. The van der Waals surface area contributed by atoms with Crippen LogP contribution in [0.1, 0.15) is 37.4 Å². The van der Waals surface area contributed by atoms with Crippen LogP contribution in [0.25, 0.3) is 10.6 Å². The minimum atomic E-state index is 0.496. The van der Waals surface area contributed by atoms with Gasteiger partial charge in [0.15, 0.2) is 5.69 Å². The van der Waals surface area contributed by atoms with E-state index in [2.05, 4.69) is 49.2 Å². The first-order chi connectivity index (χ1) is 8.24. The van der Waals surface area contributed by atoms with Crippen LogP contribution in [0.5, 0.6) is 0 Å².